The maximum absolute atomic E-state index is 9.06. The van der Waals surface area contributed by atoms with Crippen molar-refractivity contribution in [2.24, 2.45) is 0 Å². The van der Waals surface area contributed by atoms with E-state index in [1.807, 2.05) is 19.9 Å². The minimum atomic E-state index is -0.320. The van der Waals surface area contributed by atoms with Gasteiger partial charge in [0, 0.05) is 16.1 Å². The molecule has 0 saturated heterocycles. The van der Waals surface area contributed by atoms with Crippen molar-refractivity contribution in [2.75, 3.05) is 5.32 Å². The fraction of sp³-hybridized carbons (Fsp3) is 0.353. The molecule has 21 heavy (non-hydrogen) atoms. The predicted molar refractivity (Wildman–Crippen MR) is 86.4 cm³/mol. The lowest BCUT2D eigenvalue weighted by Gasteiger charge is -2.38. The van der Waals surface area contributed by atoms with Crippen LogP contribution in [0.5, 0.6) is 0 Å². The van der Waals surface area contributed by atoms with Crippen LogP contribution in [0.25, 0.3) is 10.4 Å². The third kappa shape index (κ3) is 2.44. The average Bonchev–Trinajstić information content (AvgIpc) is 2.79. The monoisotopic (exact) mass is 298 g/mol. The topological polar surface area (TPSA) is 45.0 Å². The molecule has 0 spiro atoms. The molecular weight excluding hydrogens is 280 g/mol. The molecule has 0 radical (unpaired) electrons. The number of hydrogen-bond acceptors (Lipinski definition) is 4. The van der Waals surface area contributed by atoms with Crippen molar-refractivity contribution in [1.29, 1.82) is 5.26 Å². The van der Waals surface area contributed by atoms with E-state index in [0.29, 0.717) is 0 Å². The van der Waals surface area contributed by atoms with Crippen LogP contribution < -0.4 is 5.32 Å². The largest absolute Gasteiger partial charge is 0.360 e. The van der Waals surface area contributed by atoms with Gasteiger partial charge in [-0.15, -0.1) is 11.3 Å². The van der Waals surface area contributed by atoms with Gasteiger partial charge < -0.3 is 10.1 Å². The number of ether oxygens (including phenoxy) is 1. The van der Waals surface area contributed by atoms with E-state index in [1.54, 1.807) is 11.3 Å². The van der Waals surface area contributed by atoms with Gasteiger partial charge in [-0.3, -0.25) is 0 Å². The standard InChI is InChI=1S/C17H18N2OS/c1-10-7-13(9-18)21-16(10)12-5-6-15-14(8-12)17(3,4)20-11(2)19-15/h5-8,11,19H,1-4H3. The van der Waals surface area contributed by atoms with Crippen LogP contribution in [0.4, 0.5) is 5.69 Å². The zero-order valence-corrected chi connectivity index (χ0v) is 13.5. The molecule has 1 aliphatic rings. The fourth-order valence-corrected chi connectivity index (χ4v) is 3.85. The van der Waals surface area contributed by atoms with E-state index in [2.05, 4.69) is 43.4 Å². The van der Waals surface area contributed by atoms with Crippen LogP contribution in [-0.2, 0) is 10.3 Å². The number of nitrogens with one attached hydrogen (secondary N) is 1. The quantitative estimate of drug-likeness (QED) is 0.835. The Bertz CT molecular complexity index is 740. The summed E-state index contributed by atoms with van der Waals surface area (Å²) in [6.07, 6.45) is 0.00650. The summed E-state index contributed by atoms with van der Waals surface area (Å²) in [6.45, 7) is 8.25. The number of thiophene rings is 1. The first-order valence-corrected chi connectivity index (χ1v) is 7.82. The van der Waals surface area contributed by atoms with Crippen molar-refractivity contribution in [3.05, 3.63) is 40.3 Å². The highest BCUT2D eigenvalue weighted by Crippen LogP contribution is 2.41. The van der Waals surface area contributed by atoms with Gasteiger partial charge in [0.05, 0.1) is 5.60 Å². The molecule has 108 valence electrons. The molecule has 1 unspecified atom stereocenters. The van der Waals surface area contributed by atoms with E-state index in [0.717, 1.165) is 32.1 Å². The summed E-state index contributed by atoms with van der Waals surface area (Å²) in [5, 5.41) is 12.4. The average molecular weight is 298 g/mol. The second-order valence-corrected chi connectivity index (χ2v) is 6.96. The molecule has 0 amide bonds. The van der Waals surface area contributed by atoms with Gasteiger partial charge in [-0.05, 0) is 57.0 Å². The smallest absolute Gasteiger partial charge is 0.126 e. The Morgan fingerprint density at radius 2 is 2.10 bits per heavy atom. The number of nitrogens with zero attached hydrogens (tertiary/aromatic N) is 1. The van der Waals surface area contributed by atoms with Crippen molar-refractivity contribution in [3.63, 3.8) is 0 Å². The second kappa shape index (κ2) is 4.87. The van der Waals surface area contributed by atoms with Crippen LogP contribution in [0, 0.1) is 18.3 Å². The highest BCUT2D eigenvalue weighted by Gasteiger charge is 2.32. The molecule has 2 aromatic rings. The highest BCUT2D eigenvalue weighted by molar-refractivity contribution is 7.16. The third-order valence-electron chi connectivity index (χ3n) is 3.79. The Labute approximate surface area is 129 Å². The molecule has 0 aliphatic carbocycles. The van der Waals surface area contributed by atoms with Crippen molar-refractivity contribution < 1.29 is 4.74 Å². The van der Waals surface area contributed by atoms with E-state index in [4.69, 9.17) is 10.00 Å². The third-order valence-corrected chi connectivity index (χ3v) is 4.98. The molecule has 1 N–H and O–H groups in total. The molecule has 0 fully saturated rings. The molecule has 3 rings (SSSR count). The minimum Gasteiger partial charge on any atom is -0.360 e. The maximum Gasteiger partial charge on any atom is 0.126 e. The van der Waals surface area contributed by atoms with Gasteiger partial charge in [0.1, 0.15) is 17.2 Å². The van der Waals surface area contributed by atoms with Crippen LogP contribution in [0.3, 0.4) is 0 Å². The normalized spacial score (nSPS) is 19.5. The molecule has 0 saturated carbocycles. The number of nitriles is 1. The number of aryl methyl sites for hydroxylation is 1. The van der Waals surface area contributed by atoms with Crippen molar-refractivity contribution in [2.45, 2.75) is 39.5 Å². The number of rotatable bonds is 1. The van der Waals surface area contributed by atoms with Crippen LogP contribution in [0.1, 0.15) is 36.8 Å². The zero-order chi connectivity index (χ0) is 15.2. The zero-order valence-electron chi connectivity index (χ0n) is 12.7. The summed E-state index contributed by atoms with van der Waals surface area (Å²) in [5.74, 6) is 0. The van der Waals surface area contributed by atoms with Crippen molar-refractivity contribution in [1.82, 2.24) is 0 Å². The number of fused-ring (bicyclic) bond motifs is 1. The Morgan fingerprint density at radius 3 is 2.76 bits per heavy atom. The highest BCUT2D eigenvalue weighted by atomic mass is 32.1. The van der Waals surface area contributed by atoms with E-state index in [-0.39, 0.29) is 11.8 Å². The number of hydrogen-bond donors (Lipinski definition) is 1. The first-order chi connectivity index (χ1) is 9.90. The van der Waals surface area contributed by atoms with Crippen LogP contribution >= 0.6 is 11.3 Å². The summed E-state index contributed by atoms with van der Waals surface area (Å²) < 4.78 is 5.99. The lowest BCUT2D eigenvalue weighted by Crippen LogP contribution is -2.37. The number of benzene rings is 1. The van der Waals surface area contributed by atoms with E-state index in [9.17, 15) is 0 Å². The van der Waals surface area contributed by atoms with Crippen LogP contribution in [-0.4, -0.2) is 6.23 Å². The molecule has 1 atom stereocenters. The second-order valence-electron chi connectivity index (χ2n) is 5.91. The Kier molecular flexibility index (Phi) is 3.27. The summed E-state index contributed by atoms with van der Waals surface area (Å²) in [7, 11) is 0. The van der Waals surface area contributed by atoms with Crippen LogP contribution in [0.2, 0.25) is 0 Å². The molecule has 3 nitrogen and oxygen atoms in total. The first-order valence-electron chi connectivity index (χ1n) is 7.00. The Morgan fingerprint density at radius 1 is 1.33 bits per heavy atom. The minimum absolute atomic E-state index is 0.00650. The van der Waals surface area contributed by atoms with Gasteiger partial charge in [-0.1, -0.05) is 6.07 Å². The lowest BCUT2D eigenvalue weighted by molar-refractivity contribution is -0.0632. The van der Waals surface area contributed by atoms with Gasteiger partial charge >= 0.3 is 0 Å². The van der Waals surface area contributed by atoms with Gasteiger partial charge in [0.2, 0.25) is 0 Å². The van der Waals surface area contributed by atoms with Gasteiger partial charge in [-0.2, -0.15) is 5.26 Å². The molecule has 2 heterocycles. The first kappa shape index (κ1) is 14.1. The van der Waals surface area contributed by atoms with E-state index in [1.165, 1.54) is 0 Å². The van der Waals surface area contributed by atoms with Crippen LogP contribution in [0.15, 0.2) is 24.3 Å². The summed E-state index contributed by atoms with van der Waals surface area (Å²) >= 11 is 1.54. The molecule has 4 heteroatoms. The van der Waals surface area contributed by atoms with E-state index < -0.39 is 0 Å². The lowest BCUT2D eigenvalue weighted by atomic mass is 9.92. The Balaban J connectivity index is 2.11. The summed E-state index contributed by atoms with van der Waals surface area (Å²) in [5.41, 5.74) is 4.25. The maximum atomic E-state index is 9.06. The summed E-state index contributed by atoms with van der Waals surface area (Å²) in [4.78, 5) is 1.91. The van der Waals surface area contributed by atoms with Crippen molar-refractivity contribution in [3.8, 4) is 16.5 Å². The molecule has 0 bridgehead atoms. The molecular formula is C17H18N2OS. The SMILES string of the molecule is Cc1cc(C#N)sc1-c1ccc2c(c1)C(C)(C)OC(C)N2. The number of anilines is 1. The van der Waals surface area contributed by atoms with Gasteiger partial charge in [0.15, 0.2) is 0 Å². The summed E-state index contributed by atoms with van der Waals surface area (Å²) in [6, 6.07) is 10.6. The predicted octanol–water partition coefficient (Wildman–Crippen LogP) is 4.62. The molecule has 1 aromatic heterocycles. The molecule has 1 aliphatic heterocycles. The molecule has 1 aromatic carbocycles. The van der Waals surface area contributed by atoms with E-state index >= 15 is 0 Å². The van der Waals surface area contributed by atoms with Gasteiger partial charge in [0.25, 0.3) is 0 Å². The fourth-order valence-electron chi connectivity index (χ4n) is 2.89. The van der Waals surface area contributed by atoms with Crippen molar-refractivity contribution >= 4 is 17.0 Å². The Hall–Kier alpha value is -1.83. The van der Waals surface area contributed by atoms with Gasteiger partial charge in [-0.25, -0.2) is 0 Å².